The molecule has 0 unspecified atom stereocenters. The van der Waals surface area contributed by atoms with Gasteiger partial charge in [0, 0.05) is 50.9 Å². The molecule has 0 atom stereocenters. The van der Waals surface area contributed by atoms with Crippen molar-refractivity contribution >= 4 is 17.3 Å². The first-order valence-electron chi connectivity index (χ1n) is 10.7. The van der Waals surface area contributed by atoms with Gasteiger partial charge in [-0.3, -0.25) is 9.69 Å². The standard InChI is InChI=1S/C23H27N3O4/c27-23-16-30-20-4-2-17(14-19(20)24-23)6-7-25-8-10-26(11-9-25)18-3-5-21-22(15-18)29-13-1-12-28-21/h2-5,14-15H,1,6-13,16H2,(H,24,27). The summed E-state index contributed by atoms with van der Waals surface area (Å²) >= 11 is 0. The highest BCUT2D eigenvalue weighted by Crippen LogP contribution is 2.34. The zero-order valence-corrected chi connectivity index (χ0v) is 17.1. The third-order valence-electron chi connectivity index (χ3n) is 5.86. The Morgan fingerprint density at radius 1 is 0.867 bits per heavy atom. The van der Waals surface area contributed by atoms with Gasteiger partial charge in [0.2, 0.25) is 0 Å². The molecule has 7 nitrogen and oxygen atoms in total. The number of hydrogen-bond acceptors (Lipinski definition) is 6. The molecule has 0 radical (unpaired) electrons. The van der Waals surface area contributed by atoms with Crippen molar-refractivity contribution in [2.45, 2.75) is 12.8 Å². The van der Waals surface area contributed by atoms with E-state index in [2.05, 4.69) is 33.3 Å². The summed E-state index contributed by atoms with van der Waals surface area (Å²) in [5.41, 5.74) is 3.19. The zero-order chi connectivity index (χ0) is 20.3. The lowest BCUT2D eigenvalue weighted by Gasteiger charge is -2.36. The maximum atomic E-state index is 11.5. The van der Waals surface area contributed by atoms with Crippen LogP contribution < -0.4 is 24.4 Å². The van der Waals surface area contributed by atoms with Crippen LogP contribution in [0.1, 0.15) is 12.0 Å². The summed E-state index contributed by atoms with van der Waals surface area (Å²) in [6.45, 7) is 6.57. The van der Waals surface area contributed by atoms with Crippen molar-refractivity contribution in [3.05, 3.63) is 42.0 Å². The third-order valence-corrected chi connectivity index (χ3v) is 5.86. The van der Waals surface area contributed by atoms with Crippen LogP contribution in [0.4, 0.5) is 11.4 Å². The molecule has 3 heterocycles. The fraction of sp³-hybridized carbons (Fsp3) is 0.435. The van der Waals surface area contributed by atoms with Gasteiger partial charge in [-0.2, -0.15) is 0 Å². The van der Waals surface area contributed by atoms with Gasteiger partial charge in [-0.05, 0) is 36.2 Å². The summed E-state index contributed by atoms with van der Waals surface area (Å²) in [5, 5.41) is 2.88. The Bertz CT molecular complexity index is 925. The van der Waals surface area contributed by atoms with Gasteiger partial charge in [0.25, 0.3) is 5.91 Å². The first kappa shape index (κ1) is 19.1. The minimum absolute atomic E-state index is 0.0921. The summed E-state index contributed by atoms with van der Waals surface area (Å²) in [6.07, 6.45) is 1.87. The lowest BCUT2D eigenvalue weighted by molar-refractivity contribution is -0.118. The van der Waals surface area contributed by atoms with Crippen LogP contribution in [0.3, 0.4) is 0 Å². The highest BCUT2D eigenvalue weighted by atomic mass is 16.5. The van der Waals surface area contributed by atoms with Crippen molar-refractivity contribution < 1.29 is 19.0 Å². The van der Waals surface area contributed by atoms with Gasteiger partial charge >= 0.3 is 0 Å². The maximum absolute atomic E-state index is 11.5. The van der Waals surface area contributed by atoms with Crippen LogP contribution in [0.2, 0.25) is 0 Å². The fourth-order valence-corrected chi connectivity index (χ4v) is 4.15. The number of fused-ring (bicyclic) bond motifs is 2. The average Bonchev–Trinajstić information content (AvgIpc) is 3.02. The molecule has 1 saturated heterocycles. The van der Waals surface area contributed by atoms with E-state index >= 15 is 0 Å². The van der Waals surface area contributed by atoms with Gasteiger partial charge in [0.15, 0.2) is 18.1 Å². The second-order valence-electron chi connectivity index (χ2n) is 7.93. The predicted molar refractivity (Wildman–Crippen MR) is 115 cm³/mol. The molecule has 0 bridgehead atoms. The Labute approximate surface area is 176 Å². The summed E-state index contributed by atoms with van der Waals surface area (Å²) in [5.74, 6) is 2.37. The van der Waals surface area contributed by atoms with Gasteiger partial charge in [-0.1, -0.05) is 6.07 Å². The van der Waals surface area contributed by atoms with Gasteiger partial charge in [-0.15, -0.1) is 0 Å². The molecule has 0 aromatic heterocycles. The Morgan fingerprint density at radius 2 is 1.67 bits per heavy atom. The SMILES string of the molecule is O=C1COc2ccc(CCN3CCN(c4ccc5c(c4)OCCCO5)CC3)cc2N1. The minimum atomic E-state index is -0.0921. The van der Waals surface area contributed by atoms with E-state index in [0.29, 0.717) is 13.2 Å². The number of carbonyl (C=O) groups excluding carboxylic acids is 1. The monoisotopic (exact) mass is 409 g/mol. The molecule has 1 fully saturated rings. The average molecular weight is 409 g/mol. The Hall–Kier alpha value is -2.93. The molecule has 3 aliphatic rings. The van der Waals surface area contributed by atoms with Crippen LogP contribution >= 0.6 is 0 Å². The lowest BCUT2D eigenvalue weighted by Crippen LogP contribution is -2.47. The van der Waals surface area contributed by atoms with Gasteiger partial charge in [0.1, 0.15) is 5.75 Å². The molecule has 0 spiro atoms. The highest BCUT2D eigenvalue weighted by Gasteiger charge is 2.20. The number of ether oxygens (including phenoxy) is 3. The Balaban J connectivity index is 1.15. The topological polar surface area (TPSA) is 63.3 Å². The fourth-order valence-electron chi connectivity index (χ4n) is 4.15. The van der Waals surface area contributed by atoms with Gasteiger partial charge in [-0.25, -0.2) is 0 Å². The van der Waals surface area contributed by atoms with Crippen LogP contribution in [0.15, 0.2) is 36.4 Å². The van der Waals surface area contributed by atoms with Crippen LogP contribution in [0.5, 0.6) is 17.2 Å². The molecule has 0 saturated carbocycles. The van der Waals surface area contributed by atoms with Crippen LogP contribution in [0.25, 0.3) is 0 Å². The first-order valence-corrected chi connectivity index (χ1v) is 10.7. The largest absolute Gasteiger partial charge is 0.490 e. The molecular weight excluding hydrogens is 382 g/mol. The van der Waals surface area contributed by atoms with E-state index in [9.17, 15) is 4.79 Å². The first-order chi connectivity index (χ1) is 14.7. The third kappa shape index (κ3) is 4.16. The lowest BCUT2D eigenvalue weighted by atomic mass is 10.1. The number of nitrogens with zero attached hydrogens (tertiary/aromatic N) is 2. The van der Waals surface area contributed by atoms with Crippen molar-refractivity contribution in [1.82, 2.24) is 4.90 Å². The number of hydrogen-bond donors (Lipinski definition) is 1. The normalized spacial score (nSPS) is 18.8. The summed E-state index contributed by atoms with van der Waals surface area (Å²) in [6, 6.07) is 12.3. The van der Waals surface area contributed by atoms with E-state index in [4.69, 9.17) is 14.2 Å². The molecule has 30 heavy (non-hydrogen) atoms. The number of carbonyl (C=O) groups is 1. The number of nitrogens with one attached hydrogen (secondary N) is 1. The Kier molecular flexibility index (Phi) is 5.36. The molecule has 1 N–H and O–H groups in total. The zero-order valence-electron chi connectivity index (χ0n) is 17.1. The second-order valence-corrected chi connectivity index (χ2v) is 7.93. The molecule has 3 aliphatic heterocycles. The summed E-state index contributed by atoms with van der Waals surface area (Å²) in [7, 11) is 0. The summed E-state index contributed by atoms with van der Waals surface area (Å²) in [4.78, 5) is 16.4. The van der Waals surface area contributed by atoms with E-state index in [1.54, 1.807) is 0 Å². The smallest absolute Gasteiger partial charge is 0.262 e. The molecule has 158 valence electrons. The molecular formula is C23H27N3O4. The Morgan fingerprint density at radius 3 is 2.53 bits per heavy atom. The van der Waals surface area contributed by atoms with E-state index in [-0.39, 0.29) is 12.5 Å². The van der Waals surface area contributed by atoms with Crippen LogP contribution in [-0.4, -0.2) is 63.4 Å². The number of benzene rings is 2. The van der Waals surface area contributed by atoms with Crippen molar-refractivity contribution in [3.63, 3.8) is 0 Å². The number of rotatable bonds is 4. The van der Waals surface area contributed by atoms with Crippen LogP contribution in [-0.2, 0) is 11.2 Å². The highest BCUT2D eigenvalue weighted by molar-refractivity contribution is 5.95. The van der Waals surface area contributed by atoms with E-state index in [1.165, 1.54) is 11.3 Å². The van der Waals surface area contributed by atoms with Crippen LogP contribution in [0, 0.1) is 0 Å². The quantitative estimate of drug-likeness (QED) is 0.838. The van der Waals surface area contributed by atoms with Crippen molar-refractivity contribution in [3.8, 4) is 17.2 Å². The maximum Gasteiger partial charge on any atom is 0.262 e. The van der Waals surface area contributed by atoms with Gasteiger partial charge in [0.05, 0.1) is 18.9 Å². The number of anilines is 2. The molecule has 7 heteroatoms. The minimum Gasteiger partial charge on any atom is -0.490 e. The van der Waals surface area contributed by atoms with Crippen molar-refractivity contribution in [2.24, 2.45) is 0 Å². The van der Waals surface area contributed by atoms with Gasteiger partial charge < -0.3 is 24.4 Å². The predicted octanol–water partition coefficient (Wildman–Crippen LogP) is 2.54. The van der Waals surface area contributed by atoms with E-state index in [1.807, 2.05) is 18.2 Å². The van der Waals surface area contributed by atoms with Crippen molar-refractivity contribution in [1.29, 1.82) is 0 Å². The molecule has 2 aromatic carbocycles. The van der Waals surface area contributed by atoms with E-state index in [0.717, 1.165) is 68.5 Å². The summed E-state index contributed by atoms with van der Waals surface area (Å²) < 4.78 is 17.0. The number of amides is 1. The number of piperazine rings is 1. The second kappa shape index (κ2) is 8.44. The van der Waals surface area contributed by atoms with Crippen molar-refractivity contribution in [2.75, 3.05) is 62.8 Å². The van der Waals surface area contributed by atoms with E-state index < -0.39 is 0 Å². The molecule has 2 aromatic rings. The molecule has 1 amide bonds. The molecule has 5 rings (SSSR count). The molecule has 0 aliphatic carbocycles.